The van der Waals surface area contributed by atoms with E-state index in [0.29, 0.717) is 25.7 Å². The lowest BCUT2D eigenvalue weighted by Crippen LogP contribution is -2.52. The molecule has 1 atom stereocenters. The van der Waals surface area contributed by atoms with Crippen molar-refractivity contribution in [2.75, 3.05) is 25.7 Å². The van der Waals surface area contributed by atoms with Gasteiger partial charge in [0.05, 0.1) is 19.8 Å². The average Bonchev–Trinajstić information content (AvgIpc) is 2.19. The molecule has 82 valence electrons. The Bertz CT molecular complexity index is 202. The fourth-order valence-electron chi connectivity index (χ4n) is 1.09. The highest BCUT2D eigenvalue weighted by atomic mass is 35.5. The Morgan fingerprint density at radius 1 is 1.57 bits per heavy atom. The van der Waals surface area contributed by atoms with Crippen LogP contribution in [0.15, 0.2) is 0 Å². The van der Waals surface area contributed by atoms with Gasteiger partial charge in [0, 0.05) is 11.4 Å². The number of rotatable bonds is 3. The molecule has 4 nitrogen and oxygen atoms in total. The van der Waals surface area contributed by atoms with Gasteiger partial charge in [0.15, 0.2) is 6.10 Å². The zero-order chi connectivity index (χ0) is 10.6. The van der Waals surface area contributed by atoms with E-state index < -0.39 is 11.6 Å². The molecule has 0 spiro atoms. The fourth-order valence-corrected chi connectivity index (χ4v) is 1.15. The Hall–Kier alpha value is -0.320. The second kappa shape index (κ2) is 4.96. The molecule has 1 heterocycles. The standard InChI is InChI=1S/C9H16ClNO3/c1-9(2,6-10)11-8(12)7-5-13-3-4-14-7/h7H,3-6H2,1-2H3,(H,11,12). The van der Waals surface area contributed by atoms with Crippen LogP contribution in [0.3, 0.4) is 0 Å². The minimum atomic E-state index is -0.494. The van der Waals surface area contributed by atoms with Crippen LogP contribution in [0.25, 0.3) is 0 Å². The molecule has 1 saturated heterocycles. The third-order valence-electron chi connectivity index (χ3n) is 1.90. The molecule has 0 aliphatic carbocycles. The number of hydrogen-bond donors (Lipinski definition) is 1. The zero-order valence-corrected chi connectivity index (χ0v) is 9.26. The first kappa shape index (κ1) is 11.8. The SMILES string of the molecule is CC(C)(CCl)NC(=O)C1COCCO1. The van der Waals surface area contributed by atoms with Crippen molar-refractivity contribution in [2.24, 2.45) is 0 Å². The third-order valence-corrected chi connectivity index (χ3v) is 2.57. The van der Waals surface area contributed by atoms with Crippen molar-refractivity contribution in [3.63, 3.8) is 0 Å². The van der Waals surface area contributed by atoms with Crippen LogP contribution >= 0.6 is 11.6 Å². The molecule has 0 saturated carbocycles. The summed E-state index contributed by atoms with van der Waals surface area (Å²) < 4.78 is 10.4. The van der Waals surface area contributed by atoms with Crippen LogP contribution < -0.4 is 5.32 Å². The van der Waals surface area contributed by atoms with Gasteiger partial charge in [-0.1, -0.05) is 0 Å². The van der Waals surface area contributed by atoms with Gasteiger partial charge in [0.2, 0.25) is 0 Å². The topological polar surface area (TPSA) is 47.6 Å². The van der Waals surface area contributed by atoms with Gasteiger partial charge in [0.25, 0.3) is 5.91 Å². The second-order valence-corrected chi connectivity index (χ2v) is 4.21. The van der Waals surface area contributed by atoms with E-state index >= 15 is 0 Å². The summed E-state index contributed by atoms with van der Waals surface area (Å²) in [6.45, 7) is 5.08. The molecule has 5 heteroatoms. The predicted molar refractivity (Wildman–Crippen MR) is 53.5 cm³/mol. The molecule has 1 amide bonds. The number of carbonyl (C=O) groups excluding carboxylic acids is 1. The van der Waals surface area contributed by atoms with Crippen molar-refractivity contribution in [1.29, 1.82) is 0 Å². The lowest BCUT2D eigenvalue weighted by atomic mass is 10.1. The van der Waals surface area contributed by atoms with E-state index in [1.807, 2.05) is 13.8 Å². The highest BCUT2D eigenvalue weighted by molar-refractivity contribution is 6.18. The first-order valence-corrected chi connectivity index (χ1v) is 5.16. The molecule has 1 N–H and O–H groups in total. The largest absolute Gasteiger partial charge is 0.376 e. The van der Waals surface area contributed by atoms with Crippen molar-refractivity contribution in [3.8, 4) is 0 Å². The maximum Gasteiger partial charge on any atom is 0.251 e. The molecule has 1 fully saturated rings. The average molecular weight is 222 g/mol. The molecule has 1 aliphatic heterocycles. The van der Waals surface area contributed by atoms with Gasteiger partial charge in [-0.25, -0.2) is 0 Å². The van der Waals surface area contributed by atoms with Gasteiger partial charge < -0.3 is 14.8 Å². The summed E-state index contributed by atoms with van der Waals surface area (Å²) in [5.41, 5.74) is -0.403. The molecule has 0 aromatic heterocycles. The van der Waals surface area contributed by atoms with Crippen LogP contribution in [0, 0.1) is 0 Å². The van der Waals surface area contributed by atoms with Crippen molar-refractivity contribution in [2.45, 2.75) is 25.5 Å². The summed E-state index contributed by atoms with van der Waals surface area (Å²) in [7, 11) is 0. The van der Waals surface area contributed by atoms with Gasteiger partial charge in [0.1, 0.15) is 0 Å². The number of alkyl halides is 1. The molecule has 14 heavy (non-hydrogen) atoms. The fraction of sp³-hybridized carbons (Fsp3) is 0.889. The molecular weight excluding hydrogens is 206 g/mol. The van der Waals surface area contributed by atoms with Crippen LogP contribution in [0.5, 0.6) is 0 Å². The summed E-state index contributed by atoms with van der Waals surface area (Å²) in [5, 5.41) is 2.80. The highest BCUT2D eigenvalue weighted by Crippen LogP contribution is 2.07. The van der Waals surface area contributed by atoms with E-state index in [-0.39, 0.29) is 5.91 Å². The first-order chi connectivity index (χ1) is 6.55. The van der Waals surface area contributed by atoms with Gasteiger partial charge in [-0.3, -0.25) is 4.79 Å². The number of nitrogens with one attached hydrogen (secondary N) is 1. The van der Waals surface area contributed by atoms with Crippen LogP contribution in [0.2, 0.25) is 0 Å². The Kier molecular flexibility index (Phi) is 4.16. The van der Waals surface area contributed by atoms with Crippen LogP contribution in [0.1, 0.15) is 13.8 Å². The van der Waals surface area contributed by atoms with Gasteiger partial charge in [-0.15, -0.1) is 11.6 Å². The zero-order valence-electron chi connectivity index (χ0n) is 8.51. The molecule has 1 aliphatic rings. The monoisotopic (exact) mass is 221 g/mol. The Balaban J connectivity index is 2.40. The smallest absolute Gasteiger partial charge is 0.251 e. The lowest BCUT2D eigenvalue weighted by Gasteiger charge is -2.28. The minimum Gasteiger partial charge on any atom is -0.376 e. The third kappa shape index (κ3) is 3.44. The normalized spacial score (nSPS) is 23.2. The quantitative estimate of drug-likeness (QED) is 0.708. The highest BCUT2D eigenvalue weighted by Gasteiger charge is 2.27. The van der Waals surface area contributed by atoms with Crippen molar-refractivity contribution in [1.82, 2.24) is 5.32 Å². The van der Waals surface area contributed by atoms with E-state index in [4.69, 9.17) is 21.1 Å². The molecule has 1 rings (SSSR count). The van der Waals surface area contributed by atoms with Gasteiger partial charge >= 0.3 is 0 Å². The van der Waals surface area contributed by atoms with Gasteiger partial charge in [-0.05, 0) is 13.8 Å². The maximum atomic E-state index is 11.6. The molecule has 0 aromatic carbocycles. The number of ether oxygens (including phenoxy) is 2. The lowest BCUT2D eigenvalue weighted by molar-refractivity contribution is -0.148. The predicted octanol–water partition coefficient (Wildman–Crippen LogP) is 0.535. The van der Waals surface area contributed by atoms with Crippen molar-refractivity contribution < 1.29 is 14.3 Å². The van der Waals surface area contributed by atoms with Crippen LogP contribution in [-0.2, 0) is 14.3 Å². The molecule has 0 radical (unpaired) electrons. The number of amides is 1. The first-order valence-electron chi connectivity index (χ1n) is 4.62. The van der Waals surface area contributed by atoms with E-state index in [1.165, 1.54) is 0 Å². The summed E-state index contributed by atoms with van der Waals surface area (Å²) in [6, 6.07) is 0. The molecular formula is C9H16ClNO3. The van der Waals surface area contributed by atoms with E-state index in [2.05, 4.69) is 5.32 Å². The maximum absolute atomic E-state index is 11.6. The number of hydrogen-bond acceptors (Lipinski definition) is 3. The van der Waals surface area contributed by atoms with Crippen molar-refractivity contribution in [3.05, 3.63) is 0 Å². The molecule has 0 aromatic rings. The molecule has 0 bridgehead atoms. The Morgan fingerprint density at radius 2 is 2.29 bits per heavy atom. The summed E-state index contributed by atoms with van der Waals surface area (Å²) in [6.07, 6.45) is -0.494. The Morgan fingerprint density at radius 3 is 2.79 bits per heavy atom. The summed E-state index contributed by atoms with van der Waals surface area (Å²) in [4.78, 5) is 11.6. The van der Waals surface area contributed by atoms with Crippen LogP contribution in [0.4, 0.5) is 0 Å². The minimum absolute atomic E-state index is 0.157. The number of carbonyl (C=O) groups is 1. The Labute approximate surface area is 88.9 Å². The van der Waals surface area contributed by atoms with E-state index in [0.717, 1.165) is 0 Å². The van der Waals surface area contributed by atoms with Crippen LogP contribution in [-0.4, -0.2) is 43.3 Å². The summed E-state index contributed by atoms with van der Waals surface area (Å²) in [5.74, 6) is 0.210. The van der Waals surface area contributed by atoms with Gasteiger partial charge in [-0.2, -0.15) is 0 Å². The number of halogens is 1. The van der Waals surface area contributed by atoms with E-state index in [9.17, 15) is 4.79 Å². The van der Waals surface area contributed by atoms with E-state index in [1.54, 1.807) is 0 Å². The van der Waals surface area contributed by atoms with Crippen molar-refractivity contribution >= 4 is 17.5 Å². The molecule has 1 unspecified atom stereocenters. The summed E-state index contributed by atoms with van der Waals surface area (Å²) >= 11 is 5.69. The second-order valence-electron chi connectivity index (χ2n) is 3.94.